The number of thioether (sulfide) groups is 1. The molecule has 0 saturated carbocycles. The third-order valence-electron chi connectivity index (χ3n) is 5.07. The molecule has 2 amide bonds. The third-order valence-corrected chi connectivity index (χ3v) is 7.50. The maximum atomic E-state index is 13.2. The van der Waals surface area contributed by atoms with E-state index in [1.54, 1.807) is 33.7 Å². The van der Waals surface area contributed by atoms with Gasteiger partial charge in [-0.25, -0.2) is 17.6 Å². The highest BCUT2D eigenvalue weighted by atomic mass is 32.2. The van der Waals surface area contributed by atoms with Gasteiger partial charge in [0.25, 0.3) is 0 Å². The van der Waals surface area contributed by atoms with E-state index in [1.807, 2.05) is 30.5 Å². The summed E-state index contributed by atoms with van der Waals surface area (Å²) in [5, 5.41) is 0. The van der Waals surface area contributed by atoms with Gasteiger partial charge in [0.1, 0.15) is 5.82 Å². The SMILES string of the molecule is CSc1cccc(N2C(=O)N(Cc3ccc(F)cc3)[C@@H]3CS(=O)(=O)C[C@H]32)c1. The van der Waals surface area contributed by atoms with Crippen LogP contribution < -0.4 is 4.90 Å². The Kier molecular flexibility index (Phi) is 4.63. The quantitative estimate of drug-likeness (QED) is 0.578. The number of rotatable bonds is 4. The zero-order valence-electron chi connectivity index (χ0n) is 14.7. The van der Waals surface area contributed by atoms with Crippen LogP contribution in [0.4, 0.5) is 14.9 Å². The Labute approximate surface area is 162 Å². The first kappa shape index (κ1) is 18.3. The highest BCUT2D eigenvalue weighted by Crippen LogP contribution is 2.36. The van der Waals surface area contributed by atoms with Crippen molar-refractivity contribution in [3.8, 4) is 0 Å². The van der Waals surface area contributed by atoms with Gasteiger partial charge < -0.3 is 4.90 Å². The topological polar surface area (TPSA) is 57.7 Å². The predicted octanol–water partition coefficient (Wildman–Crippen LogP) is 3.16. The minimum atomic E-state index is -3.22. The van der Waals surface area contributed by atoms with Crippen molar-refractivity contribution in [1.82, 2.24) is 4.90 Å². The summed E-state index contributed by atoms with van der Waals surface area (Å²) in [6, 6.07) is 12.5. The monoisotopic (exact) mass is 406 g/mol. The number of benzene rings is 2. The molecule has 2 aliphatic heterocycles. The van der Waals surface area contributed by atoms with E-state index in [0.717, 1.165) is 10.5 Å². The van der Waals surface area contributed by atoms with E-state index < -0.39 is 21.9 Å². The smallest absolute Gasteiger partial charge is 0.314 e. The highest BCUT2D eigenvalue weighted by Gasteiger charge is 2.53. The number of urea groups is 1. The maximum Gasteiger partial charge on any atom is 0.325 e. The molecular formula is C19H19FN2O3S2. The number of halogens is 1. The fourth-order valence-electron chi connectivity index (χ4n) is 3.81. The number of amides is 2. The molecular weight excluding hydrogens is 387 g/mol. The molecule has 0 aromatic heterocycles. The molecule has 0 radical (unpaired) electrons. The van der Waals surface area contributed by atoms with Crippen molar-refractivity contribution < 1.29 is 17.6 Å². The van der Waals surface area contributed by atoms with Crippen LogP contribution in [0.15, 0.2) is 53.4 Å². The van der Waals surface area contributed by atoms with Gasteiger partial charge in [-0.1, -0.05) is 18.2 Å². The van der Waals surface area contributed by atoms with Crippen LogP contribution in [0.3, 0.4) is 0 Å². The van der Waals surface area contributed by atoms with Gasteiger partial charge in [0.2, 0.25) is 0 Å². The second-order valence-corrected chi connectivity index (χ2v) is 9.85. The molecule has 2 heterocycles. The Morgan fingerprint density at radius 1 is 1.11 bits per heavy atom. The first-order valence-electron chi connectivity index (χ1n) is 8.57. The summed E-state index contributed by atoms with van der Waals surface area (Å²) < 4.78 is 37.7. The summed E-state index contributed by atoms with van der Waals surface area (Å²) in [6.07, 6.45) is 1.95. The van der Waals surface area contributed by atoms with Crippen molar-refractivity contribution >= 4 is 33.3 Å². The summed E-state index contributed by atoms with van der Waals surface area (Å²) >= 11 is 1.57. The Balaban J connectivity index is 1.70. The zero-order valence-corrected chi connectivity index (χ0v) is 16.3. The standard InChI is InChI=1S/C19H19FN2O3S2/c1-26-16-4-2-3-15(9-16)22-18-12-27(24,25)11-17(18)21(19(22)23)10-13-5-7-14(20)8-6-13/h2-9,17-18H,10-12H2,1H3/t17-,18-/m1/s1. The number of hydrogen-bond donors (Lipinski definition) is 0. The number of fused-ring (bicyclic) bond motifs is 1. The molecule has 8 heteroatoms. The van der Waals surface area contributed by atoms with E-state index in [1.165, 1.54) is 12.1 Å². The van der Waals surface area contributed by atoms with Gasteiger partial charge in [-0.3, -0.25) is 4.90 Å². The van der Waals surface area contributed by atoms with E-state index >= 15 is 0 Å². The maximum absolute atomic E-state index is 13.2. The van der Waals surface area contributed by atoms with E-state index in [0.29, 0.717) is 5.69 Å². The fourth-order valence-corrected chi connectivity index (χ4v) is 6.21. The van der Waals surface area contributed by atoms with Gasteiger partial charge in [0.15, 0.2) is 9.84 Å². The summed E-state index contributed by atoms with van der Waals surface area (Å²) in [5.74, 6) is -0.417. The van der Waals surface area contributed by atoms with Crippen LogP contribution in [0.1, 0.15) is 5.56 Å². The lowest BCUT2D eigenvalue weighted by molar-refractivity contribution is 0.206. The van der Waals surface area contributed by atoms with Gasteiger partial charge in [0, 0.05) is 17.1 Å². The average molecular weight is 407 g/mol. The summed E-state index contributed by atoms with van der Waals surface area (Å²) in [6.45, 7) is 0.258. The average Bonchev–Trinajstić information content (AvgIpc) is 3.07. The molecule has 2 saturated heterocycles. The van der Waals surface area contributed by atoms with Crippen molar-refractivity contribution in [2.24, 2.45) is 0 Å². The van der Waals surface area contributed by atoms with Crippen molar-refractivity contribution in [3.63, 3.8) is 0 Å². The van der Waals surface area contributed by atoms with Crippen molar-refractivity contribution in [2.75, 3.05) is 22.7 Å². The second-order valence-electron chi connectivity index (χ2n) is 6.82. The number of nitrogens with zero attached hydrogens (tertiary/aromatic N) is 2. The number of hydrogen-bond acceptors (Lipinski definition) is 4. The van der Waals surface area contributed by atoms with Crippen LogP contribution in [0.5, 0.6) is 0 Å². The Hall–Kier alpha value is -2.06. The number of carbonyl (C=O) groups excluding carboxylic acids is 1. The molecule has 27 heavy (non-hydrogen) atoms. The van der Waals surface area contributed by atoms with Gasteiger partial charge in [-0.15, -0.1) is 11.8 Å². The lowest BCUT2D eigenvalue weighted by atomic mass is 10.1. The highest BCUT2D eigenvalue weighted by molar-refractivity contribution is 7.98. The van der Waals surface area contributed by atoms with Gasteiger partial charge in [0.05, 0.1) is 23.6 Å². The van der Waals surface area contributed by atoms with Crippen molar-refractivity contribution in [1.29, 1.82) is 0 Å². The first-order chi connectivity index (χ1) is 12.9. The van der Waals surface area contributed by atoms with Crippen LogP contribution in [0, 0.1) is 5.82 Å². The van der Waals surface area contributed by atoms with Crippen LogP contribution in [0.2, 0.25) is 0 Å². The number of anilines is 1. The minimum absolute atomic E-state index is 0.0349. The lowest BCUT2D eigenvalue weighted by Gasteiger charge is -2.23. The zero-order chi connectivity index (χ0) is 19.2. The molecule has 2 aliphatic rings. The van der Waals surface area contributed by atoms with Crippen LogP contribution in [-0.4, -0.2) is 49.2 Å². The molecule has 0 spiro atoms. The minimum Gasteiger partial charge on any atom is -0.314 e. The third kappa shape index (κ3) is 3.43. The van der Waals surface area contributed by atoms with E-state index in [2.05, 4.69) is 0 Å². The molecule has 2 aromatic rings. The van der Waals surface area contributed by atoms with Gasteiger partial charge in [-0.05, 0) is 42.2 Å². The molecule has 142 valence electrons. The molecule has 0 N–H and O–H groups in total. The Morgan fingerprint density at radius 2 is 1.81 bits per heavy atom. The van der Waals surface area contributed by atoms with E-state index in [9.17, 15) is 17.6 Å². The molecule has 2 aromatic carbocycles. The lowest BCUT2D eigenvalue weighted by Crippen LogP contribution is -2.37. The number of carbonyl (C=O) groups is 1. The second kappa shape index (κ2) is 6.83. The predicted molar refractivity (Wildman–Crippen MR) is 104 cm³/mol. The normalized spacial score (nSPS) is 23.7. The van der Waals surface area contributed by atoms with Gasteiger partial charge in [-0.2, -0.15) is 0 Å². The summed E-state index contributed by atoms with van der Waals surface area (Å²) in [5.41, 5.74) is 1.48. The van der Waals surface area contributed by atoms with Crippen LogP contribution in [-0.2, 0) is 16.4 Å². The van der Waals surface area contributed by atoms with E-state index in [-0.39, 0.29) is 29.9 Å². The molecule has 0 bridgehead atoms. The summed E-state index contributed by atoms with van der Waals surface area (Å²) in [4.78, 5) is 17.4. The molecule has 0 unspecified atom stereocenters. The Morgan fingerprint density at radius 3 is 2.52 bits per heavy atom. The van der Waals surface area contributed by atoms with Crippen molar-refractivity contribution in [2.45, 2.75) is 23.5 Å². The molecule has 4 rings (SSSR count). The largest absolute Gasteiger partial charge is 0.325 e. The van der Waals surface area contributed by atoms with Crippen LogP contribution in [0.25, 0.3) is 0 Å². The molecule has 2 fully saturated rings. The molecule has 5 nitrogen and oxygen atoms in total. The van der Waals surface area contributed by atoms with Crippen LogP contribution >= 0.6 is 11.8 Å². The molecule has 0 aliphatic carbocycles. The number of sulfone groups is 1. The van der Waals surface area contributed by atoms with E-state index in [4.69, 9.17) is 0 Å². The fraction of sp³-hybridized carbons (Fsp3) is 0.316. The summed E-state index contributed by atoms with van der Waals surface area (Å²) in [7, 11) is -3.22. The Bertz CT molecular complexity index is 979. The van der Waals surface area contributed by atoms with Gasteiger partial charge >= 0.3 is 6.03 Å². The first-order valence-corrected chi connectivity index (χ1v) is 11.6. The van der Waals surface area contributed by atoms with Crippen molar-refractivity contribution in [3.05, 3.63) is 59.9 Å². The molecule has 2 atom stereocenters.